The van der Waals surface area contributed by atoms with Crippen LogP contribution in [0.15, 0.2) is 0 Å². The van der Waals surface area contributed by atoms with Gasteiger partial charge in [0.05, 0.1) is 24.7 Å². The van der Waals surface area contributed by atoms with Crippen molar-refractivity contribution in [3.8, 4) is 6.07 Å². The maximum Gasteiger partial charge on any atom is 0.242 e. The highest BCUT2D eigenvalue weighted by atomic mass is 16.2. The minimum atomic E-state index is -0.416. The molecule has 1 fully saturated rings. The summed E-state index contributed by atoms with van der Waals surface area (Å²) in [5.41, 5.74) is 2.95. The van der Waals surface area contributed by atoms with Crippen molar-refractivity contribution in [1.82, 2.24) is 20.4 Å². The van der Waals surface area contributed by atoms with Crippen molar-refractivity contribution in [3.05, 3.63) is 17.0 Å². The van der Waals surface area contributed by atoms with Crippen molar-refractivity contribution in [1.29, 1.82) is 5.26 Å². The Morgan fingerprint density at radius 1 is 1.46 bits per heavy atom. The number of nitriles is 1. The van der Waals surface area contributed by atoms with E-state index in [0.29, 0.717) is 38.8 Å². The van der Waals surface area contributed by atoms with Crippen LogP contribution in [0.25, 0.3) is 0 Å². The zero-order valence-corrected chi connectivity index (χ0v) is 14.4. The number of nitrogens with one attached hydrogen (secondary N) is 2. The maximum atomic E-state index is 12.2. The predicted molar refractivity (Wildman–Crippen MR) is 89.0 cm³/mol. The number of hydrogen-bond donors (Lipinski definition) is 2. The summed E-state index contributed by atoms with van der Waals surface area (Å²) in [6.45, 7) is 5.13. The molecule has 0 aliphatic carbocycles. The van der Waals surface area contributed by atoms with E-state index in [2.05, 4.69) is 21.8 Å². The van der Waals surface area contributed by atoms with Crippen LogP contribution in [0.4, 0.5) is 0 Å². The van der Waals surface area contributed by atoms with Crippen molar-refractivity contribution in [2.45, 2.75) is 65.0 Å². The molecule has 7 nitrogen and oxygen atoms in total. The summed E-state index contributed by atoms with van der Waals surface area (Å²) in [6.07, 6.45) is 3.92. The molecule has 0 saturated carbocycles. The lowest BCUT2D eigenvalue weighted by atomic mass is 10.1. The Labute approximate surface area is 142 Å². The zero-order valence-electron chi connectivity index (χ0n) is 14.4. The van der Waals surface area contributed by atoms with Gasteiger partial charge in [0.2, 0.25) is 11.8 Å². The molecular weight excluding hydrogens is 306 g/mol. The minimum absolute atomic E-state index is 0.0856. The smallest absolute Gasteiger partial charge is 0.242 e. The number of hydrogen-bond acceptors (Lipinski definition) is 4. The van der Waals surface area contributed by atoms with Crippen molar-refractivity contribution in [2.75, 3.05) is 6.54 Å². The van der Waals surface area contributed by atoms with Crippen molar-refractivity contribution in [2.24, 2.45) is 0 Å². The van der Waals surface area contributed by atoms with Crippen LogP contribution in [0.2, 0.25) is 0 Å². The average molecular weight is 331 g/mol. The van der Waals surface area contributed by atoms with E-state index in [1.165, 1.54) is 0 Å². The predicted octanol–water partition coefficient (Wildman–Crippen LogP) is 1.13. The Hall–Kier alpha value is -2.36. The monoisotopic (exact) mass is 331 g/mol. The molecule has 0 spiro atoms. The lowest BCUT2D eigenvalue weighted by Gasteiger charge is -2.15. The summed E-state index contributed by atoms with van der Waals surface area (Å²) >= 11 is 0. The van der Waals surface area contributed by atoms with E-state index in [9.17, 15) is 9.59 Å². The van der Waals surface area contributed by atoms with Gasteiger partial charge in [-0.15, -0.1) is 0 Å². The molecule has 130 valence electrons. The molecular formula is C17H25N5O2. The van der Waals surface area contributed by atoms with Gasteiger partial charge in [-0.25, -0.2) is 0 Å². The molecule has 1 aromatic rings. The van der Waals surface area contributed by atoms with Crippen LogP contribution in [0, 0.1) is 25.2 Å². The Bertz CT molecular complexity index is 644. The number of amides is 2. The molecule has 0 radical (unpaired) electrons. The van der Waals surface area contributed by atoms with E-state index < -0.39 is 6.04 Å². The maximum absolute atomic E-state index is 12.2. The van der Waals surface area contributed by atoms with Gasteiger partial charge in [-0.05, 0) is 45.1 Å². The molecule has 0 aromatic carbocycles. The molecule has 1 saturated heterocycles. The first kappa shape index (κ1) is 18.0. The molecule has 7 heteroatoms. The molecule has 0 unspecified atom stereocenters. The normalized spacial score (nSPS) is 17.7. The Balaban J connectivity index is 1.90. The first-order valence-corrected chi connectivity index (χ1v) is 8.50. The second-order valence-corrected chi connectivity index (χ2v) is 6.19. The van der Waals surface area contributed by atoms with Gasteiger partial charge in [-0.2, -0.15) is 10.4 Å². The van der Waals surface area contributed by atoms with E-state index in [1.807, 2.05) is 18.5 Å². The Morgan fingerprint density at radius 3 is 3.00 bits per heavy atom. The fraction of sp³-hybridized carbons (Fsp3) is 0.647. The third-order valence-corrected chi connectivity index (χ3v) is 4.44. The Kier molecular flexibility index (Phi) is 6.36. The second-order valence-electron chi connectivity index (χ2n) is 6.19. The summed E-state index contributed by atoms with van der Waals surface area (Å²) in [4.78, 5) is 24.1. The van der Waals surface area contributed by atoms with Gasteiger partial charge in [-0.1, -0.05) is 0 Å². The number of rotatable bonds is 6. The molecule has 2 amide bonds. The largest absolute Gasteiger partial charge is 0.354 e. The Morgan fingerprint density at radius 2 is 2.25 bits per heavy atom. The van der Waals surface area contributed by atoms with Crippen LogP contribution in [0.3, 0.4) is 0 Å². The van der Waals surface area contributed by atoms with Gasteiger partial charge in [0.25, 0.3) is 0 Å². The molecule has 2 N–H and O–H groups in total. The lowest BCUT2D eigenvalue weighted by molar-refractivity contribution is -0.128. The first-order chi connectivity index (χ1) is 11.5. The molecule has 2 heterocycles. The van der Waals surface area contributed by atoms with E-state index in [-0.39, 0.29) is 11.8 Å². The van der Waals surface area contributed by atoms with Crippen LogP contribution in [-0.2, 0) is 22.6 Å². The van der Waals surface area contributed by atoms with Crippen molar-refractivity contribution in [3.63, 3.8) is 0 Å². The lowest BCUT2D eigenvalue weighted by Crippen LogP contribution is -2.45. The fourth-order valence-corrected chi connectivity index (χ4v) is 3.05. The van der Waals surface area contributed by atoms with Crippen LogP contribution in [0.5, 0.6) is 0 Å². The van der Waals surface area contributed by atoms with E-state index in [1.54, 1.807) is 0 Å². The van der Waals surface area contributed by atoms with Gasteiger partial charge in [0.15, 0.2) is 0 Å². The van der Waals surface area contributed by atoms with Crippen LogP contribution >= 0.6 is 0 Å². The number of aryl methyl sites for hydroxylation is 2. The summed E-state index contributed by atoms with van der Waals surface area (Å²) in [7, 11) is 0. The zero-order chi connectivity index (χ0) is 17.5. The SMILES string of the molecule is Cc1nn(CCC#N)c(C)c1CCC(=O)N[C@@H]1CCCCNC1=O. The quantitative estimate of drug-likeness (QED) is 0.816. The van der Waals surface area contributed by atoms with Crippen molar-refractivity contribution >= 4 is 11.8 Å². The van der Waals surface area contributed by atoms with E-state index >= 15 is 0 Å². The van der Waals surface area contributed by atoms with Crippen LogP contribution in [-0.4, -0.2) is 34.2 Å². The molecule has 1 aliphatic heterocycles. The third-order valence-electron chi connectivity index (χ3n) is 4.44. The van der Waals surface area contributed by atoms with Gasteiger partial charge < -0.3 is 10.6 Å². The average Bonchev–Trinajstić information content (AvgIpc) is 2.69. The van der Waals surface area contributed by atoms with E-state index in [4.69, 9.17) is 5.26 Å². The molecule has 24 heavy (non-hydrogen) atoms. The fourth-order valence-electron chi connectivity index (χ4n) is 3.05. The standard InChI is InChI=1S/C17H25N5O2/c1-12-14(13(2)22(21-12)11-5-9-18)7-8-16(23)20-15-6-3-4-10-19-17(15)24/h15H,3-8,10-11H2,1-2H3,(H,19,24)(H,20,23)/t15-/m1/s1. The summed E-state index contributed by atoms with van der Waals surface area (Å²) in [5, 5.41) is 18.8. The number of carbonyl (C=O) groups excluding carboxylic acids is 2. The van der Waals surface area contributed by atoms with Crippen LogP contribution < -0.4 is 10.6 Å². The van der Waals surface area contributed by atoms with Crippen LogP contribution in [0.1, 0.15) is 49.1 Å². The molecule has 1 atom stereocenters. The highest BCUT2D eigenvalue weighted by Gasteiger charge is 2.22. The van der Waals surface area contributed by atoms with Gasteiger partial charge in [-0.3, -0.25) is 14.3 Å². The summed E-state index contributed by atoms with van der Waals surface area (Å²) in [5.74, 6) is -0.196. The highest BCUT2D eigenvalue weighted by molar-refractivity contribution is 5.87. The van der Waals surface area contributed by atoms with Gasteiger partial charge >= 0.3 is 0 Å². The third kappa shape index (κ3) is 4.57. The van der Waals surface area contributed by atoms with Gasteiger partial charge in [0.1, 0.15) is 6.04 Å². The number of carbonyl (C=O) groups is 2. The molecule has 0 bridgehead atoms. The summed E-state index contributed by atoms with van der Waals surface area (Å²) < 4.78 is 1.82. The number of aromatic nitrogens is 2. The highest BCUT2D eigenvalue weighted by Crippen LogP contribution is 2.16. The second kappa shape index (κ2) is 8.48. The summed E-state index contributed by atoms with van der Waals surface area (Å²) in [6, 6.07) is 1.70. The molecule has 1 aliphatic rings. The first-order valence-electron chi connectivity index (χ1n) is 8.50. The van der Waals surface area contributed by atoms with E-state index in [0.717, 1.165) is 29.8 Å². The topological polar surface area (TPSA) is 99.8 Å². The number of nitrogens with zero attached hydrogens (tertiary/aromatic N) is 3. The van der Waals surface area contributed by atoms with Gasteiger partial charge in [0, 0.05) is 18.7 Å². The minimum Gasteiger partial charge on any atom is -0.354 e. The van der Waals surface area contributed by atoms with Crippen molar-refractivity contribution < 1.29 is 9.59 Å². The molecule has 1 aromatic heterocycles. The molecule has 2 rings (SSSR count).